The topological polar surface area (TPSA) is 33.7 Å². The van der Waals surface area contributed by atoms with E-state index in [0.29, 0.717) is 6.04 Å². The first-order valence-electron chi connectivity index (χ1n) is 8.54. The second-order valence-corrected chi connectivity index (χ2v) is 6.21. The Hall–Kier alpha value is -2.20. The van der Waals surface area contributed by atoms with Gasteiger partial charge < -0.3 is 14.8 Å². The van der Waals surface area contributed by atoms with Gasteiger partial charge in [0, 0.05) is 31.2 Å². The first-order valence-corrected chi connectivity index (χ1v) is 8.54. The summed E-state index contributed by atoms with van der Waals surface area (Å²) in [4.78, 5) is 2.50. The molecule has 4 nitrogen and oxygen atoms in total. The maximum atomic E-state index is 5.46. The highest BCUT2D eigenvalue weighted by molar-refractivity contribution is 5.56. The van der Waals surface area contributed by atoms with Crippen molar-refractivity contribution in [2.24, 2.45) is 0 Å². The minimum atomic E-state index is 0.496. The van der Waals surface area contributed by atoms with E-state index in [1.54, 1.807) is 14.2 Å². The number of likely N-dealkylation sites (tertiary alicyclic amines) is 1. The van der Waals surface area contributed by atoms with Crippen LogP contribution >= 0.6 is 0 Å². The molecule has 128 valence electrons. The van der Waals surface area contributed by atoms with E-state index >= 15 is 0 Å². The van der Waals surface area contributed by atoms with Gasteiger partial charge in [0.05, 0.1) is 19.9 Å². The molecule has 0 saturated carbocycles. The molecule has 2 aromatic carbocycles. The largest absolute Gasteiger partial charge is 0.496 e. The molecule has 0 radical (unpaired) electrons. The molecule has 1 aliphatic heterocycles. The molecule has 1 heterocycles. The number of ether oxygens (including phenoxy) is 2. The van der Waals surface area contributed by atoms with E-state index in [0.717, 1.165) is 49.7 Å². The van der Waals surface area contributed by atoms with Gasteiger partial charge in [-0.2, -0.15) is 0 Å². The molecule has 1 aliphatic rings. The van der Waals surface area contributed by atoms with Crippen LogP contribution in [-0.2, 0) is 6.54 Å². The summed E-state index contributed by atoms with van der Waals surface area (Å²) in [5.74, 6) is 1.89. The van der Waals surface area contributed by atoms with Crippen LogP contribution in [-0.4, -0.2) is 38.3 Å². The number of hydrogen-bond donors (Lipinski definition) is 1. The van der Waals surface area contributed by atoms with Gasteiger partial charge in [0.2, 0.25) is 0 Å². The SMILES string of the molecule is COc1ccccc1CN1CCC(Nc2ccccc2OC)CC1. The summed E-state index contributed by atoms with van der Waals surface area (Å²) in [5, 5.41) is 3.63. The fraction of sp³-hybridized carbons (Fsp3) is 0.400. The van der Waals surface area contributed by atoms with Crippen molar-refractivity contribution in [3.8, 4) is 11.5 Å². The first-order chi connectivity index (χ1) is 11.8. The first kappa shape index (κ1) is 16.7. The molecular formula is C20H26N2O2. The summed E-state index contributed by atoms with van der Waals surface area (Å²) in [5.41, 5.74) is 2.35. The van der Waals surface area contributed by atoms with Crippen molar-refractivity contribution in [2.45, 2.75) is 25.4 Å². The van der Waals surface area contributed by atoms with Crippen molar-refractivity contribution >= 4 is 5.69 Å². The highest BCUT2D eigenvalue weighted by atomic mass is 16.5. The van der Waals surface area contributed by atoms with Crippen molar-refractivity contribution in [1.29, 1.82) is 0 Å². The number of nitrogens with zero attached hydrogens (tertiary/aromatic N) is 1. The normalized spacial score (nSPS) is 15.9. The smallest absolute Gasteiger partial charge is 0.141 e. The highest BCUT2D eigenvalue weighted by Gasteiger charge is 2.20. The number of methoxy groups -OCH3 is 2. The molecule has 4 heteroatoms. The molecule has 0 spiro atoms. The van der Waals surface area contributed by atoms with Crippen LogP contribution in [0.5, 0.6) is 11.5 Å². The van der Waals surface area contributed by atoms with Crippen LogP contribution < -0.4 is 14.8 Å². The van der Waals surface area contributed by atoms with Crippen LogP contribution in [0.2, 0.25) is 0 Å². The Labute approximate surface area is 144 Å². The highest BCUT2D eigenvalue weighted by Crippen LogP contribution is 2.27. The van der Waals surface area contributed by atoms with Gasteiger partial charge in [-0.05, 0) is 31.0 Å². The zero-order valence-corrected chi connectivity index (χ0v) is 14.5. The summed E-state index contributed by atoms with van der Waals surface area (Å²) in [6, 6.07) is 16.9. The van der Waals surface area contributed by atoms with E-state index in [2.05, 4.69) is 28.4 Å². The third-order valence-corrected chi connectivity index (χ3v) is 4.64. The Morgan fingerprint density at radius 3 is 2.25 bits per heavy atom. The van der Waals surface area contributed by atoms with E-state index in [4.69, 9.17) is 9.47 Å². The quantitative estimate of drug-likeness (QED) is 0.876. The Morgan fingerprint density at radius 2 is 1.54 bits per heavy atom. The molecule has 1 N–H and O–H groups in total. The second kappa shape index (κ2) is 8.06. The average Bonchev–Trinajstić information content (AvgIpc) is 2.64. The molecule has 0 atom stereocenters. The number of nitrogens with one attached hydrogen (secondary N) is 1. The Bertz CT molecular complexity index is 594. The third-order valence-electron chi connectivity index (χ3n) is 4.64. The number of benzene rings is 2. The van der Waals surface area contributed by atoms with Crippen molar-refractivity contribution in [3.05, 3.63) is 54.1 Å². The summed E-state index contributed by atoms with van der Waals surface area (Å²) in [6.45, 7) is 3.13. The van der Waals surface area contributed by atoms with E-state index in [-0.39, 0.29) is 0 Å². The molecule has 24 heavy (non-hydrogen) atoms. The Balaban J connectivity index is 1.54. The van der Waals surface area contributed by atoms with E-state index in [9.17, 15) is 0 Å². The molecule has 0 aliphatic carbocycles. The van der Waals surface area contributed by atoms with Crippen molar-refractivity contribution in [1.82, 2.24) is 4.90 Å². The maximum absolute atomic E-state index is 5.46. The fourth-order valence-electron chi connectivity index (χ4n) is 3.29. The number of hydrogen-bond acceptors (Lipinski definition) is 4. The zero-order valence-electron chi connectivity index (χ0n) is 14.5. The second-order valence-electron chi connectivity index (χ2n) is 6.21. The van der Waals surface area contributed by atoms with E-state index < -0.39 is 0 Å². The van der Waals surface area contributed by atoms with Crippen LogP contribution in [0.15, 0.2) is 48.5 Å². The summed E-state index contributed by atoms with van der Waals surface area (Å²) in [6.07, 6.45) is 2.26. The molecule has 0 amide bonds. The number of para-hydroxylation sites is 3. The number of piperidine rings is 1. The van der Waals surface area contributed by atoms with Crippen LogP contribution in [0.3, 0.4) is 0 Å². The maximum Gasteiger partial charge on any atom is 0.141 e. The molecule has 1 saturated heterocycles. The zero-order chi connectivity index (χ0) is 16.8. The molecule has 0 aromatic heterocycles. The summed E-state index contributed by atoms with van der Waals surface area (Å²) < 4.78 is 10.9. The van der Waals surface area contributed by atoms with Crippen molar-refractivity contribution in [2.75, 3.05) is 32.6 Å². The minimum Gasteiger partial charge on any atom is -0.496 e. The van der Waals surface area contributed by atoms with Crippen LogP contribution in [0.4, 0.5) is 5.69 Å². The van der Waals surface area contributed by atoms with Gasteiger partial charge in [0.15, 0.2) is 0 Å². The number of rotatable bonds is 6. The monoisotopic (exact) mass is 326 g/mol. The van der Waals surface area contributed by atoms with E-state index in [1.807, 2.05) is 30.3 Å². The van der Waals surface area contributed by atoms with Crippen LogP contribution in [0.25, 0.3) is 0 Å². The van der Waals surface area contributed by atoms with Crippen molar-refractivity contribution in [3.63, 3.8) is 0 Å². The lowest BCUT2D eigenvalue weighted by atomic mass is 10.0. The molecule has 2 aromatic rings. The van der Waals surface area contributed by atoms with Gasteiger partial charge in [-0.1, -0.05) is 30.3 Å². The summed E-state index contributed by atoms with van der Waals surface area (Å²) >= 11 is 0. The van der Waals surface area contributed by atoms with Crippen LogP contribution in [0, 0.1) is 0 Å². The Kier molecular flexibility index (Phi) is 5.59. The predicted molar refractivity (Wildman–Crippen MR) is 97.9 cm³/mol. The van der Waals surface area contributed by atoms with Gasteiger partial charge in [0.25, 0.3) is 0 Å². The van der Waals surface area contributed by atoms with Crippen LogP contribution in [0.1, 0.15) is 18.4 Å². The molecule has 1 fully saturated rings. The molecular weight excluding hydrogens is 300 g/mol. The third kappa shape index (κ3) is 4.01. The standard InChI is InChI=1S/C20H26N2O2/c1-23-19-9-5-3-7-16(19)15-22-13-11-17(12-14-22)21-18-8-4-6-10-20(18)24-2/h3-10,17,21H,11-15H2,1-2H3. The Morgan fingerprint density at radius 1 is 0.917 bits per heavy atom. The van der Waals surface area contributed by atoms with E-state index in [1.165, 1.54) is 5.56 Å². The van der Waals surface area contributed by atoms with Crippen molar-refractivity contribution < 1.29 is 9.47 Å². The minimum absolute atomic E-state index is 0.496. The van der Waals surface area contributed by atoms with Gasteiger partial charge >= 0.3 is 0 Å². The lowest BCUT2D eigenvalue weighted by molar-refractivity contribution is 0.208. The van der Waals surface area contributed by atoms with Gasteiger partial charge in [-0.15, -0.1) is 0 Å². The average molecular weight is 326 g/mol. The number of anilines is 1. The molecule has 0 bridgehead atoms. The van der Waals surface area contributed by atoms with Gasteiger partial charge in [0.1, 0.15) is 11.5 Å². The lowest BCUT2D eigenvalue weighted by Crippen LogP contribution is -2.38. The van der Waals surface area contributed by atoms with Gasteiger partial charge in [-0.25, -0.2) is 0 Å². The fourth-order valence-corrected chi connectivity index (χ4v) is 3.29. The van der Waals surface area contributed by atoms with Gasteiger partial charge in [-0.3, -0.25) is 4.90 Å². The lowest BCUT2D eigenvalue weighted by Gasteiger charge is -2.33. The predicted octanol–water partition coefficient (Wildman–Crippen LogP) is 3.78. The molecule has 3 rings (SSSR count). The molecule has 0 unspecified atom stereocenters. The summed E-state index contributed by atoms with van der Waals surface area (Å²) in [7, 11) is 3.46.